The van der Waals surface area contributed by atoms with Crippen LogP contribution in [0.1, 0.15) is 0 Å². The molecule has 0 fully saturated rings. The fourth-order valence-electron chi connectivity index (χ4n) is 2.38. The third-order valence-corrected chi connectivity index (χ3v) is 4.42. The summed E-state index contributed by atoms with van der Waals surface area (Å²) in [6, 6.07) is 15.7. The van der Waals surface area contributed by atoms with E-state index in [1.54, 1.807) is 48.5 Å². The summed E-state index contributed by atoms with van der Waals surface area (Å²) < 4.78 is 5.69. The van der Waals surface area contributed by atoms with Crippen LogP contribution in [0.15, 0.2) is 60.7 Å². The Morgan fingerprint density at radius 3 is 2.00 bits per heavy atom. The zero-order valence-electron chi connectivity index (χ0n) is 14.5. The van der Waals surface area contributed by atoms with Crippen LogP contribution in [-0.4, -0.2) is 10.0 Å². The highest BCUT2D eigenvalue weighted by Gasteiger charge is 2.13. The van der Waals surface area contributed by atoms with Crippen LogP contribution in [0.2, 0.25) is 15.1 Å². The van der Waals surface area contributed by atoms with Crippen molar-refractivity contribution in [1.82, 2.24) is 0 Å². The summed E-state index contributed by atoms with van der Waals surface area (Å²) in [5.74, 6) is 0.743. The summed E-state index contributed by atoms with van der Waals surface area (Å²) in [6.07, 6.45) is 0. The van der Waals surface area contributed by atoms with Gasteiger partial charge in [-0.2, -0.15) is 0 Å². The number of hydrogen-bond donors (Lipinski definition) is 2. The van der Waals surface area contributed by atoms with E-state index in [1.807, 2.05) is 0 Å². The van der Waals surface area contributed by atoms with Gasteiger partial charge in [-0.1, -0.05) is 34.8 Å². The van der Waals surface area contributed by atoms with Crippen molar-refractivity contribution < 1.29 is 9.66 Å². The van der Waals surface area contributed by atoms with Crippen LogP contribution in [-0.2, 0) is 0 Å². The molecule has 0 amide bonds. The first kappa shape index (κ1) is 21.1. The number of anilines is 2. The average Bonchev–Trinajstić information content (AvgIpc) is 2.62. The molecule has 6 nitrogen and oxygen atoms in total. The van der Waals surface area contributed by atoms with Crippen molar-refractivity contribution in [3.05, 3.63) is 85.8 Å². The number of nitrogens with one attached hydrogen (secondary N) is 2. The van der Waals surface area contributed by atoms with Crippen LogP contribution in [0.4, 0.5) is 17.1 Å². The van der Waals surface area contributed by atoms with Crippen molar-refractivity contribution in [2.24, 2.45) is 0 Å². The normalized spacial score (nSPS) is 10.3. The second kappa shape index (κ2) is 9.28. The summed E-state index contributed by atoms with van der Waals surface area (Å²) in [4.78, 5) is 10.8. The van der Waals surface area contributed by atoms with Crippen LogP contribution >= 0.6 is 47.0 Å². The van der Waals surface area contributed by atoms with Crippen molar-refractivity contribution in [3.8, 4) is 11.5 Å². The van der Waals surface area contributed by atoms with Gasteiger partial charge >= 0.3 is 0 Å². The van der Waals surface area contributed by atoms with E-state index in [-0.39, 0.29) is 16.5 Å². The van der Waals surface area contributed by atoms with Crippen LogP contribution in [0.25, 0.3) is 0 Å². The Morgan fingerprint density at radius 1 is 0.828 bits per heavy atom. The molecule has 3 rings (SSSR count). The minimum absolute atomic E-state index is 0.160. The number of rotatable bonds is 5. The number of non-ortho nitro benzene ring substituents is 1. The van der Waals surface area contributed by atoms with E-state index < -0.39 is 4.92 Å². The van der Waals surface area contributed by atoms with E-state index in [2.05, 4.69) is 10.6 Å². The summed E-state index contributed by atoms with van der Waals surface area (Å²) in [7, 11) is 0. The lowest BCUT2D eigenvalue weighted by Crippen LogP contribution is -2.19. The van der Waals surface area contributed by atoms with Gasteiger partial charge in [-0.15, -0.1) is 0 Å². The molecule has 0 saturated heterocycles. The van der Waals surface area contributed by atoms with Crippen LogP contribution in [0.3, 0.4) is 0 Å². The van der Waals surface area contributed by atoms with Gasteiger partial charge in [-0.25, -0.2) is 0 Å². The first-order valence-electron chi connectivity index (χ1n) is 8.05. The largest absolute Gasteiger partial charge is 0.457 e. The molecule has 0 atom stereocenters. The number of nitro groups is 1. The quantitative estimate of drug-likeness (QED) is 0.235. The SMILES string of the molecule is O=[N+]([O-])c1cc(NC(=S)Nc2cc(Cl)cc(Cl)c2)cc(Oc2ccc(Cl)cc2)c1. The number of halogens is 3. The lowest BCUT2D eigenvalue weighted by Gasteiger charge is -2.13. The first-order chi connectivity index (χ1) is 13.8. The maximum atomic E-state index is 11.3. The molecule has 0 saturated carbocycles. The number of benzene rings is 3. The molecule has 2 N–H and O–H groups in total. The zero-order chi connectivity index (χ0) is 21.0. The van der Waals surface area contributed by atoms with Crippen LogP contribution in [0.5, 0.6) is 11.5 Å². The number of ether oxygens (including phenoxy) is 1. The number of nitrogens with zero attached hydrogens (tertiary/aromatic N) is 1. The van der Waals surface area contributed by atoms with Gasteiger partial charge in [-0.3, -0.25) is 10.1 Å². The van der Waals surface area contributed by atoms with E-state index in [0.29, 0.717) is 32.2 Å². The third kappa shape index (κ3) is 6.20. The molecule has 29 heavy (non-hydrogen) atoms. The average molecular weight is 469 g/mol. The van der Waals surface area contributed by atoms with Crippen molar-refractivity contribution in [2.75, 3.05) is 10.6 Å². The molecule has 0 aromatic heterocycles. The lowest BCUT2D eigenvalue weighted by molar-refractivity contribution is -0.384. The van der Waals surface area contributed by atoms with E-state index in [9.17, 15) is 10.1 Å². The van der Waals surface area contributed by atoms with Gasteiger partial charge in [0.05, 0.1) is 16.7 Å². The molecule has 0 aliphatic carbocycles. The van der Waals surface area contributed by atoms with Crippen molar-refractivity contribution in [2.45, 2.75) is 0 Å². The summed E-state index contributed by atoms with van der Waals surface area (Å²) in [5, 5.41) is 18.7. The van der Waals surface area contributed by atoms with E-state index in [1.165, 1.54) is 12.1 Å². The molecule has 10 heteroatoms. The highest BCUT2D eigenvalue weighted by atomic mass is 35.5. The standard InChI is InChI=1S/C19H12Cl3N3O3S/c20-11-1-3-17(4-2-11)28-18-9-15(8-16(10-18)25(26)27)24-19(29)23-14-6-12(21)5-13(22)7-14/h1-10H,(H2,23,24,29). The number of nitro benzene ring substituents is 1. The Hall–Kier alpha value is -2.58. The van der Waals surface area contributed by atoms with Gasteiger partial charge in [0.2, 0.25) is 0 Å². The van der Waals surface area contributed by atoms with E-state index >= 15 is 0 Å². The van der Waals surface area contributed by atoms with E-state index in [0.717, 1.165) is 0 Å². The molecule has 0 unspecified atom stereocenters. The van der Waals surface area contributed by atoms with Gasteiger partial charge in [0, 0.05) is 32.9 Å². The van der Waals surface area contributed by atoms with Crippen molar-refractivity contribution in [3.63, 3.8) is 0 Å². The molecule has 0 aliphatic rings. The maximum absolute atomic E-state index is 11.3. The van der Waals surface area contributed by atoms with Gasteiger partial charge in [0.25, 0.3) is 5.69 Å². The molecule has 3 aromatic carbocycles. The third-order valence-electron chi connectivity index (χ3n) is 3.53. The van der Waals surface area contributed by atoms with Crippen molar-refractivity contribution >= 4 is 69.2 Å². The molecule has 0 heterocycles. The number of thiocarbonyl (C=S) groups is 1. The van der Waals surface area contributed by atoms with Gasteiger partial charge < -0.3 is 15.4 Å². The highest BCUT2D eigenvalue weighted by molar-refractivity contribution is 7.80. The second-order valence-corrected chi connectivity index (χ2v) is 7.48. The molecule has 0 radical (unpaired) electrons. The Morgan fingerprint density at radius 2 is 1.41 bits per heavy atom. The molecule has 0 aliphatic heterocycles. The van der Waals surface area contributed by atoms with Crippen LogP contribution in [0, 0.1) is 10.1 Å². The summed E-state index contributed by atoms with van der Waals surface area (Å²) in [6.45, 7) is 0. The Kier molecular flexibility index (Phi) is 6.76. The predicted octanol–water partition coefficient (Wildman–Crippen LogP) is 7.16. The fraction of sp³-hybridized carbons (Fsp3) is 0. The summed E-state index contributed by atoms with van der Waals surface area (Å²) in [5.41, 5.74) is 0.782. The zero-order valence-corrected chi connectivity index (χ0v) is 17.6. The smallest absolute Gasteiger partial charge is 0.275 e. The summed E-state index contributed by atoms with van der Waals surface area (Å²) >= 11 is 23.1. The second-order valence-electron chi connectivity index (χ2n) is 5.77. The Bertz CT molecular complexity index is 1060. The van der Waals surface area contributed by atoms with E-state index in [4.69, 9.17) is 51.8 Å². The van der Waals surface area contributed by atoms with Crippen molar-refractivity contribution in [1.29, 1.82) is 0 Å². The predicted molar refractivity (Wildman–Crippen MR) is 121 cm³/mol. The van der Waals surface area contributed by atoms with Crippen LogP contribution < -0.4 is 15.4 Å². The molecule has 3 aromatic rings. The lowest BCUT2D eigenvalue weighted by atomic mass is 10.2. The minimum atomic E-state index is -0.521. The molecule has 148 valence electrons. The van der Waals surface area contributed by atoms with Gasteiger partial charge in [0.1, 0.15) is 11.5 Å². The molecule has 0 spiro atoms. The monoisotopic (exact) mass is 467 g/mol. The number of hydrogen-bond acceptors (Lipinski definition) is 4. The molecular formula is C19H12Cl3N3O3S. The highest BCUT2D eigenvalue weighted by Crippen LogP contribution is 2.30. The maximum Gasteiger partial charge on any atom is 0.275 e. The Labute approximate surface area is 186 Å². The Balaban J connectivity index is 1.80. The van der Waals surface area contributed by atoms with Gasteiger partial charge in [-0.05, 0) is 54.7 Å². The topological polar surface area (TPSA) is 76.4 Å². The minimum Gasteiger partial charge on any atom is -0.457 e. The molecule has 0 bridgehead atoms. The molecular weight excluding hydrogens is 457 g/mol. The fourth-order valence-corrected chi connectivity index (χ4v) is 3.27. The van der Waals surface area contributed by atoms with Gasteiger partial charge in [0.15, 0.2) is 5.11 Å². The first-order valence-corrected chi connectivity index (χ1v) is 9.60.